The van der Waals surface area contributed by atoms with Gasteiger partial charge in [0, 0.05) is 15.3 Å². The van der Waals surface area contributed by atoms with Crippen LogP contribution in [0.4, 0.5) is 17.2 Å². The van der Waals surface area contributed by atoms with Crippen molar-refractivity contribution in [3.05, 3.63) is 55.8 Å². The smallest absolute Gasteiger partial charge is 0.354 e. The fourth-order valence-corrected chi connectivity index (χ4v) is 1.84. The van der Waals surface area contributed by atoms with E-state index in [2.05, 4.69) is 32.9 Å². The number of rotatable bonds is 4. The largest absolute Gasteiger partial charge is 0.477 e. The normalized spacial score (nSPS) is 10.1. The number of nitro groups is 1. The van der Waals surface area contributed by atoms with E-state index < -0.39 is 10.9 Å². The van der Waals surface area contributed by atoms with Gasteiger partial charge >= 0.3 is 11.7 Å². The van der Waals surface area contributed by atoms with Crippen LogP contribution in [-0.2, 0) is 0 Å². The van der Waals surface area contributed by atoms with Crippen LogP contribution in [0.15, 0.2) is 36.4 Å². The molecular weight excluding hydrogens is 377 g/mol. The van der Waals surface area contributed by atoms with Crippen molar-refractivity contribution in [3.63, 3.8) is 0 Å². The predicted octanol–water partition coefficient (Wildman–Crippen LogP) is 3.04. The Morgan fingerprint density at radius 1 is 1.25 bits per heavy atom. The Hall–Kier alpha value is -2.23. The molecule has 7 nitrogen and oxygen atoms in total. The van der Waals surface area contributed by atoms with Gasteiger partial charge in [0.1, 0.15) is 0 Å². The fourth-order valence-electron chi connectivity index (χ4n) is 1.48. The lowest BCUT2D eigenvalue weighted by Crippen LogP contribution is -2.05. The maximum Gasteiger partial charge on any atom is 0.354 e. The number of hydrogen-bond donors (Lipinski definition) is 2. The van der Waals surface area contributed by atoms with Gasteiger partial charge < -0.3 is 10.4 Å². The zero-order valence-corrected chi connectivity index (χ0v) is 12.1. The summed E-state index contributed by atoms with van der Waals surface area (Å²) in [6.45, 7) is 0. The molecule has 0 fully saturated rings. The van der Waals surface area contributed by atoms with E-state index in [1.165, 1.54) is 0 Å². The summed E-state index contributed by atoms with van der Waals surface area (Å²) < 4.78 is 1.01. The monoisotopic (exact) mass is 385 g/mol. The predicted molar refractivity (Wildman–Crippen MR) is 80.3 cm³/mol. The van der Waals surface area contributed by atoms with Gasteiger partial charge in [-0.1, -0.05) is 0 Å². The lowest BCUT2D eigenvalue weighted by Gasteiger charge is -2.07. The Bertz CT molecular complexity index is 673. The second-order valence-electron chi connectivity index (χ2n) is 3.76. The molecule has 0 atom stereocenters. The van der Waals surface area contributed by atoms with Crippen molar-refractivity contribution in [2.45, 2.75) is 0 Å². The van der Waals surface area contributed by atoms with Crippen molar-refractivity contribution in [3.8, 4) is 0 Å². The molecule has 1 heterocycles. The highest BCUT2D eigenvalue weighted by atomic mass is 127. The lowest BCUT2D eigenvalue weighted by atomic mass is 10.3. The molecule has 0 spiro atoms. The van der Waals surface area contributed by atoms with Gasteiger partial charge in [-0.3, -0.25) is 10.1 Å². The Labute approximate surface area is 126 Å². The quantitative estimate of drug-likeness (QED) is 0.476. The van der Waals surface area contributed by atoms with Crippen LogP contribution < -0.4 is 5.32 Å². The third-order valence-electron chi connectivity index (χ3n) is 2.40. The third kappa shape index (κ3) is 3.20. The molecule has 0 saturated heterocycles. The van der Waals surface area contributed by atoms with Crippen LogP contribution in [-0.4, -0.2) is 21.0 Å². The van der Waals surface area contributed by atoms with Crippen LogP contribution in [0.2, 0.25) is 0 Å². The van der Waals surface area contributed by atoms with Crippen molar-refractivity contribution in [1.82, 2.24) is 4.98 Å². The second kappa shape index (κ2) is 5.82. The number of carbonyl (C=O) groups is 1. The summed E-state index contributed by atoms with van der Waals surface area (Å²) in [6, 6.07) is 9.29. The van der Waals surface area contributed by atoms with Crippen LogP contribution >= 0.6 is 22.6 Å². The molecule has 0 bridgehead atoms. The molecule has 102 valence electrons. The van der Waals surface area contributed by atoms with E-state index in [-0.39, 0.29) is 17.2 Å². The minimum absolute atomic E-state index is 0.101. The van der Waals surface area contributed by atoms with E-state index in [0.717, 1.165) is 15.7 Å². The molecule has 8 heteroatoms. The maximum absolute atomic E-state index is 10.9. The highest BCUT2D eigenvalue weighted by molar-refractivity contribution is 14.1. The van der Waals surface area contributed by atoms with Gasteiger partial charge in [0.25, 0.3) is 0 Å². The summed E-state index contributed by atoms with van der Waals surface area (Å²) in [5, 5.41) is 22.6. The Kier molecular flexibility index (Phi) is 4.13. The number of benzene rings is 1. The van der Waals surface area contributed by atoms with Crippen LogP contribution in [0, 0.1) is 13.7 Å². The van der Waals surface area contributed by atoms with E-state index in [0.29, 0.717) is 5.69 Å². The lowest BCUT2D eigenvalue weighted by molar-refractivity contribution is -0.384. The number of aromatic carboxylic acids is 1. The number of carboxylic acid groups (broad SMARTS) is 1. The fraction of sp³-hybridized carbons (Fsp3) is 0. The zero-order valence-electron chi connectivity index (χ0n) is 9.91. The van der Waals surface area contributed by atoms with E-state index in [4.69, 9.17) is 5.11 Å². The minimum atomic E-state index is -1.24. The Morgan fingerprint density at radius 3 is 2.45 bits per heavy atom. The summed E-state index contributed by atoms with van der Waals surface area (Å²) in [7, 11) is 0. The van der Waals surface area contributed by atoms with Crippen LogP contribution in [0.1, 0.15) is 10.5 Å². The van der Waals surface area contributed by atoms with Gasteiger partial charge in [0.05, 0.1) is 4.92 Å². The van der Waals surface area contributed by atoms with E-state index in [1.807, 2.05) is 12.1 Å². The standard InChI is InChI=1S/C12H8IN3O4/c13-7-1-3-8(4-2-7)14-11-10(16(19)20)6-5-9(15-11)12(17)18/h1-6H,(H,14,15)(H,17,18). The highest BCUT2D eigenvalue weighted by Gasteiger charge is 2.18. The van der Waals surface area contributed by atoms with Crippen molar-refractivity contribution >= 4 is 45.8 Å². The average Bonchev–Trinajstić information content (AvgIpc) is 2.41. The van der Waals surface area contributed by atoms with E-state index in [1.54, 1.807) is 12.1 Å². The third-order valence-corrected chi connectivity index (χ3v) is 3.12. The second-order valence-corrected chi connectivity index (χ2v) is 5.00. The SMILES string of the molecule is O=C(O)c1ccc([N+](=O)[O-])c(Nc2ccc(I)cc2)n1. The number of aromatic nitrogens is 1. The number of nitrogens with zero attached hydrogens (tertiary/aromatic N) is 2. The van der Waals surface area contributed by atoms with E-state index in [9.17, 15) is 14.9 Å². The first-order chi connectivity index (χ1) is 9.47. The molecule has 2 aromatic rings. The Morgan fingerprint density at radius 2 is 1.90 bits per heavy atom. The number of carboxylic acids is 1. The average molecular weight is 385 g/mol. The number of pyridine rings is 1. The molecule has 2 rings (SSSR count). The molecule has 1 aromatic carbocycles. The van der Waals surface area contributed by atoms with Crippen LogP contribution in [0.25, 0.3) is 0 Å². The van der Waals surface area contributed by atoms with Gasteiger partial charge in [-0.2, -0.15) is 0 Å². The van der Waals surface area contributed by atoms with Crippen molar-refractivity contribution in [2.75, 3.05) is 5.32 Å². The molecule has 0 aliphatic heterocycles. The zero-order chi connectivity index (χ0) is 14.7. The van der Waals surface area contributed by atoms with E-state index >= 15 is 0 Å². The van der Waals surface area contributed by atoms with Gasteiger partial charge in [-0.15, -0.1) is 0 Å². The molecule has 0 unspecified atom stereocenters. The first kappa shape index (κ1) is 14.2. The number of halogens is 1. The Balaban J connectivity index is 2.41. The van der Waals surface area contributed by atoms with Crippen LogP contribution in [0.5, 0.6) is 0 Å². The van der Waals surface area contributed by atoms with Gasteiger partial charge in [0.15, 0.2) is 5.69 Å². The number of nitrogens with one attached hydrogen (secondary N) is 1. The number of hydrogen-bond acceptors (Lipinski definition) is 5. The topological polar surface area (TPSA) is 105 Å². The van der Waals surface area contributed by atoms with Crippen molar-refractivity contribution in [2.24, 2.45) is 0 Å². The van der Waals surface area contributed by atoms with Crippen molar-refractivity contribution in [1.29, 1.82) is 0 Å². The summed E-state index contributed by atoms with van der Waals surface area (Å²) in [4.78, 5) is 24.9. The highest BCUT2D eigenvalue weighted by Crippen LogP contribution is 2.26. The van der Waals surface area contributed by atoms with Gasteiger partial charge in [0.2, 0.25) is 5.82 Å². The maximum atomic E-state index is 10.9. The summed E-state index contributed by atoms with van der Waals surface area (Å²) >= 11 is 2.13. The molecule has 0 saturated carbocycles. The molecule has 0 amide bonds. The molecule has 20 heavy (non-hydrogen) atoms. The molecule has 0 aliphatic carbocycles. The molecule has 0 aliphatic rings. The summed E-state index contributed by atoms with van der Waals surface area (Å²) in [5.74, 6) is -1.35. The molecule has 2 N–H and O–H groups in total. The van der Waals surface area contributed by atoms with Crippen LogP contribution in [0.3, 0.4) is 0 Å². The van der Waals surface area contributed by atoms with Crippen molar-refractivity contribution < 1.29 is 14.8 Å². The van der Waals surface area contributed by atoms with Gasteiger partial charge in [-0.25, -0.2) is 9.78 Å². The molecule has 1 aromatic heterocycles. The summed E-state index contributed by atoms with van der Waals surface area (Å²) in [6.07, 6.45) is 0. The first-order valence-electron chi connectivity index (χ1n) is 5.38. The summed E-state index contributed by atoms with van der Waals surface area (Å²) in [5.41, 5.74) is 0.0423. The molecule has 0 radical (unpaired) electrons. The number of anilines is 2. The minimum Gasteiger partial charge on any atom is -0.477 e. The first-order valence-corrected chi connectivity index (χ1v) is 6.46. The van der Waals surface area contributed by atoms with Gasteiger partial charge in [-0.05, 0) is 52.9 Å². The molecular formula is C12H8IN3O4.